The maximum atomic E-state index is 11.8. The molecule has 0 aromatic heterocycles. The molecule has 2 saturated heterocycles. The van der Waals surface area contributed by atoms with Gasteiger partial charge in [0.2, 0.25) is 5.91 Å². The smallest absolute Gasteiger partial charge is 0.227 e. The number of benzene rings is 1. The second-order valence-electron chi connectivity index (χ2n) is 7.07. The van der Waals surface area contributed by atoms with Gasteiger partial charge in [0.05, 0.1) is 18.9 Å². The Balaban J connectivity index is 1.39. The van der Waals surface area contributed by atoms with Crippen LogP contribution in [0.15, 0.2) is 29.4 Å². The molecule has 2 aliphatic rings. The maximum Gasteiger partial charge on any atom is 0.227 e. The fraction of sp³-hybridized carbons (Fsp3) is 0.550. The summed E-state index contributed by atoms with van der Waals surface area (Å²) in [6, 6.07) is 7.92. The predicted molar refractivity (Wildman–Crippen MR) is 116 cm³/mol. The van der Waals surface area contributed by atoms with E-state index in [-0.39, 0.29) is 5.91 Å². The number of morpholine rings is 1. The molecule has 0 bridgehead atoms. The molecule has 0 atom stereocenters. The highest BCUT2D eigenvalue weighted by Gasteiger charge is 2.21. The van der Waals surface area contributed by atoms with E-state index in [4.69, 9.17) is 17.0 Å². The molecule has 1 aromatic carbocycles. The van der Waals surface area contributed by atoms with Crippen molar-refractivity contribution in [3.63, 3.8) is 0 Å². The molecule has 2 aliphatic heterocycles. The zero-order chi connectivity index (χ0) is 19.8. The van der Waals surface area contributed by atoms with Gasteiger partial charge in [0.25, 0.3) is 0 Å². The molecular weight excluding hydrogens is 374 g/mol. The third kappa shape index (κ3) is 5.98. The molecule has 152 valence electrons. The molecule has 2 fully saturated rings. The summed E-state index contributed by atoms with van der Waals surface area (Å²) in [6.07, 6.45) is 2.60. The average Bonchev–Trinajstić information content (AvgIpc) is 3.16. The Hall–Kier alpha value is -2.03. The molecule has 1 aromatic rings. The summed E-state index contributed by atoms with van der Waals surface area (Å²) in [5.74, 6) is 0.199. The second-order valence-corrected chi connectivity index (χ2v) is 7.48. The van der Waals surface area contributed by atoms with Gasteiger partial charge in [-0.2, -0.15) is 5.10 Å². The third-order valence-electron chi connectivity index (χ3n) is 5.04. The van der Waals surface area contributed by atoms with Gasteiger partial charge in [-0.25, -0.2) is 0 Å². The monoisotopic (exact) mass is 403 g/mol. The van der Waals surface area contributed by atoms with Crippen LogP contribution < -0.4 is 15.6 Å². The number of hydrogen-bond donors (Lipinski definition) is 2. The van der Waals surface area contributed by atoms with Crippen LogP contribution in [0.4, 0.5) is 5.69 Å². The number of carbonyl (C=O) groups is 1. The fourth-order valence-electron chi connectivity index (χ4n) is 3.37. The lowest BCUT2D eigenvalue weighted by Crippen LogP contribution is -2.39. The molecule has 0 spiro atoms. The van der Waals surface area contributed by atoms with Crippen molar-refractivity contribution in [2.45, 2.75) is 26.2 Å². The molecule has 0 saturated carbocycles. The number of carbonyl (C=O) groups excluding carboxylic acids is 1. The van der Waals surface area contributed by atoms with E-state index in [1.807, 2.05) is 36.1 Å². The number of anilines is 1. The minimum atomic E-state index is 0.199. The molecule has 0 aliphatic carbocycles. The van der Waals surface area contributed by atoms with Gasteiger partial charge in [-0.1, -0.05) is 12.1 Å². The van der Waals surface area contributed by atoms with Crippen molar-refractivity contribution >= 4 is 34.6 Å². The highest BCUT2D eigenvalue weighted by Crippen LogP contribution is 2.21. The molecule has 1 amide bonds. The number of thiocarbonyl (C=S) groups is 1. The summed E-state index contributed by atoms with van der Waals surface area (Å²) in [6.45, 7) is 8.28. The lowest BCUT2D eigenvalue weighted by atomic mass is 10.1. The first-order valence-corrected chi connectivity index (χ1v) is 10.3. The Morgan fingerprint density at radius 2 is 1.96 bits per heavy atom. The zero-order valence-electron chi connectivity index (χ0n) is 16.4. The number of hydrogen-bond acceptors (Lipinski definition) is 5. The topological polar surface area (TPSA) is 69.2 Å². The number of ether oxygens (including phenoxy) is 1. The fourth-order valence-corrected chi connectivity index (χ4v) is 3.52. The third-order valence-corrected chi connectivity index (χ3v) is 5.27. The van der Waals surface area contributed by atoms with Gasteiger partial charge in [0, 0.05) is 38.3 Å². The van der Waals surface area contributed by atoms with Crippen molar-refractivity contribution in [3.05, 3.63) is 29.8 Å². The molecule has 7 nitrogen and oxygen atoms in total. The van der Waals surface area contributed by atoms with Gasteiger partial charge in [0.15, 0.2) is 5.11 Å². The van der Waals surface area contributed by atoms with Gasteiger partial charge < -0.3 is 15.0 Å². The normalized spacial score (nSPS) is 18.4. The SMILES string of the molecule is C/C(=N/NC(=S)NCCCN1CCOCC1)c1ccc(N2CCCC2=O)cc1. The first kappa shape index (κ1) is 20.7. The van der Waals surface area contributed by atoms with E-state index >= 15 is 0 Å². The number of amides is 1. The van der Waals surface area contributed by atoms with Gasteiger partial charge in [-0.15, -0.1) is 0 Å². The Bertz CT molecular complexity index is 701. The average molecular weight is 404 g/mol. The van der Waals surface area contributed by atoms with Crippen molar-refractivity contribution in [2.24, 2.45) is 5.10 Å². The molecule has 2 N–H and O–H groups in total. The minimum absolute atomic E-state index is 0.199. The second kappa shape index (κ2) is 10.5. The van der Waals surface area contributed by atoms with Crippen LogP contribution in [0, 0.1) is 0 Å². The van der Waals surface area contributed by atoms with Gasteiger partial charge in [-0.05, 0) is 56.2 Å². The summed E-state index contributed by atoms with van der Waals surface area (Å²) in [5, 5.41) is 8.08. The number of nitrogens with zero attached hydrogens (tertiary/aromatic N) is 3. The van der Waals surface area contributed by atoms with E-state index in [1.54, 1.807) is 0 Å². The summed E-state index contributed by atoms with van der Waals surface area (Å²) in [5.41, 5.74) is 5.70. The molecule has 3 rings (SSSR count). The number of nitrogens with one attached hydrogen (secondary N) is 2. The van der Waals surface area contributed by atoms with Crippen molar-refractivity contribution in [3.8, 4) is 0 Å². The standard InChI is InChI=1S/C20H29N5O2S/c1-16(17-5-7-18(8-6-17)25-11-2-4-19(25)26)22-23-20(28)21-9-3-10-24-12-14-27-15-13-24/h5-8H,2-4,9-15H2,1H3,(H2,21,23,28)/b22-16-. The quantitative estimate of drug-likeness (QED) is 0.313. The first-order chi connectivity index (χ1) is 13.6. The van der Waals surface area contributed by atoms with Crippen LogP contribution >= 0.6 is 12.2 Å². The number of hydrazone groups is 1. The van der Waals surface area contributed by atoms with Crippen molar-refractivity contribution in [2.75, 3.05) is 50.8 Å². The van der Waals surface area contributed by atoms with Crippen LogP contribution in [0.3, 0.4) is 0 Å². The van der Waals surface area contributed by atoms with Crippen molar-refractivity contribution in [1.29, 1.82) is 0 Å². The van der Waals surface area contributed by atoms with E-state index < -0.39 is 0 Å². The predicted octanol–water partition coefficient (Wildman–Crippen LogP) is 1.72. The van der Waals surface area contributed by atoms with Crippen LogP contribution in [-0.2, 0) is 9.53 Å². The Kier molecular flexibility index (Phi) is 7.76. The van der Waals surface area contributed by atoms with E-state index in [2.05, 4.69) is 20.7 Å². The molecule has 28 heavy (non-hydrogen) atoms. The Labute approximate surface area is 172 Å². The van der Waals surface area contributed by atoms with E-state index in [0.717, 1.165) is 75.7 Å². The van der Waals surface area contributed by atoms with Gasteiger partial charge in [-0.3, -0.25) is 15.1 Å². The molecule has 8 heteroatoms. The van der Waals surface area contributed by atoms with Gasteiger partial charge in [0.1, 0.15) is 0 Å². The summed E-state index contributed by atoms with van der Waals surface area (Å²) in [7, 11) is 0. The van der Waals surface area contributed by atoms with E-state index in [1.165, 1.54) is 0 Å². The highest BCUT2D eigenvalue weighted by molar-refractivity contribution is 7.80. The summed E-state index contributed by atoms with van der Waals surface area (Å²) >= 11 is 5.29. The summed E-state index contributed by atoms with van der Waals surface area (Å²) in [4.78, 5) is 16.1. The van der Waals surface area contributed by atoms with E-state index in [0.29, 0.717) is 11.5 Å². The molecule has 0 radical (unpaired) electrons. The minimum Gasteiger partial charge on any atom is -0.379 e. The molecular formula is C20H29N5O2S. The lowest BCUT2D eigenvalue weighted by molar-refractivity contribution is -0.117. The largest absolute Gasteiger partial charge is 0.379 e. The number of rotatable bonds is 7. The van der Waals surface area contributed by atoms with Crippen LogP contribution in [0.1, 0.15) is 31.7 Å². The Morgan fingerprint density at radius 1 is 1.21 bits per heavy atom. The van der Waals surface area contributed by atoms with Crippen LogP contribution in [0.25, 0.3) is 0 Å². The van der Waals surface area contributed by atoms with Crippen LogP contribution in [0.5, 0.6) is 0 Å². The van der Waals surface area contributed by atoms with Gasteiger partial charge >= 0.3 is 0 Å². The maximum absolute atomic E-state index is 11.8. The van der Waals surface area contributed by atoms with E-state index in [9.17, 15) is 4.79 Å². The first-order valence-electron chi connectivity index (χ1n) is 9.92. The molecule has 0 unspecified atom stereocenters. The van der Waals surface area contributed by atoms with Crippen molar-refractivity contribution < 1.29 is 9.53 Å². The van der Waals surface area contributed by atoms with Crippen LogP contribution in [-0.4, -0.2) is 67.6 Å². The molecule has 2 heterocycles. The Morgan fingerprint density at radius 3 is 2.64 bits per heavy atom. The highest BCUT2D eigenvalue weighted by atomic mass is 32.1. The zero-order valence-corrected chi connectivity index (χ0v) is 17.3. The lowest BCUT2D eigenvalue weighted by Gasteiger charge is -2.26. The van der Waals surface area contributed by atoms with Crippen LogP contribution in [0.2, 0.25) is 0 Å². The van der Waals surface area contributed by atoms with Crippen molar-refractivity contribution in [1.82, 2.24) is 15.6 Å². The summed E-state index contributed by atoms with van der Waals surface area (Å²) < 4.78 is 5.35.